The second-order valence-electron chi connectivity index (χ2n) is 5.13. The molecule has 2 N–H and O–H groups in total. The molecular weight excluding hydrogens is 238 g/mol. The third-order valence-electron chi connectivity index (χ3n) is 3.74. The third kappa shape index (κ3) is 2.49. The molecule has 0 bridgehead atoms. The monoisotopic (exact) mass is 257 g/mol. The van der Waals surface area contributed by atoms with Crippen molar-refractivity contribution in [2.45, 2.75) is 24.8 Å². The molecular formula is C15H19N3O. The van der Waals surface area contributed by atoms with E-state index in [1.807, 2.05) is 42.2 Å². The smallest absolute Gasteiger partial charge is 0.122 e. The van der Waals surface area contributed by atoms with Gasteiger partial charge in [0, 0.05) is 31.6 Å². The Bertz CT molecular complexity index is 564. The molecule has 2 atom stereocenters. The van der Waals surface area contributed by atoms with Gasteiger partial charge in [0.05, 0.1) is 12.3 Å². The Morgan fingerprint density at radius 3 is 3.05 bits per heavy atom. The Labute approximate surface area is 113 Å². The first-order valence-corrected chi connectivity index (χ1v) is 6.70. The largest absolute Gasteiger partial charge is 0.493 e. The van der Waals surface area contributed by atoms with E-state index in [1.165, 1.54) is 5.56 Å². The molecule has 4 heteroatoms. The van der Waals surface area contributed by atoms with Gasteiger partial charge in [0.1, 0.15) is 5.75 Å². The number of para-hydroxylation sites is 1. The summed E-state index contributed by atoms with van der Waals surface area (Å²) in [5.41, 5.74) is 8.69. The molecule has 1 aliphatic rings. The average Bonchev–Trinajstić information content (AvgIpc) is 2.83. The van der Waals surface area contributed by atoms with Crippen LogP contribution >= 0.6 is 0 Å². The van der Waals surface area contributed by atoms with E-state index in [0.29, 0.717) is 5.92 Å². The molecule has 0 spiro atoms. The van der Waals surface area contributed by atoms with Crippen LogP contribution in [0.25, 0.3) is 0 Å². The number of benzene rings is 1. The van der Waals surface area contributed by atoms with Crippen LogP contribution in [0.1, 0.15) is 23.6 Å². The highest BCUT2D eigenvalue weighted by Gasteiger charge is 2.26. The van der Waals surface area contributed by atoms with Gasteiger partial charge in [0.25, 0.3) is 0 Å². The molecule has 0 amide bonds. The second kappa shape index (κ2) is 5.05. The normalized spacial score (nSPS) is 19.6. The maximum absolute atomic E-state index is 6.40. The van der Waals surface area contributed by atoms with Crippen molar-refractivity contribution in [1.29, 1.82) is 0 Å². The van der Waals surface area contributed by atoms with Crippen LogP contribution in [0.3, 0.4) is 0 Å². The van der Waals surface area contributed by atoms with Gasteiger partial charge in [-0.05, 0) is 24.1 Å². The van der Waals surface area contributed by atoms with Gasteiger partial charge in [-0.15, -0.1) is 0 Å². The van der Waals surface area contributed by atoms with Gasteiger partial charge in [-0.25, -0.2) is 0 Å². The van der Waals surface area contributed by atoms with Gasteiger partial charge < -0.3 is 10.5 Å². The lowest BCUT2D eigenvalue weighted by Gasteiger charge is -2.30. The van der Waals surface area contributed by atoms with Crippen LogP contribution in [0, 0.1) is 0 Å². The highest BCUT2D eigenvalue weighted by Crippen LogP contribution is 2.35. The zero-order valence-corrected chi connectivity index (χ0v) is 11.1. The fourth-order valence-corrected chi connectivity index (χ4v) is 2.77. The van der Waals surface area contributed by atoms with E-state index in [4.69, 9.17) is 10.5 Å². The number of rotatable bonds is 3. The van der Waals surface area contributed by atoms with Crippen LogP contribution in [0.15, 0.2) is 36.5 Å². The molecule has 0 radical (unpaired) electrons. The summed E-state index contributed by atoms with van der Waals surface area (Å²) in [6.45, 7) is 0.748. The van der Waals surface area contributed by atoms with Gasteiger partial charge in [-0.2, -0.15) is 5.10 Å². The molecule has 3 rings (SSSR count). The van der Waals surface area contributed by atoms with Gasteiger partial charge in [-0.1, -0.05) is 18.2 Å². The standard InChI is InChI=1S/C15H19N3O/c1-18-8-6-11(17-18)10-14(16)12-7-9-19-15-5-3-2-4-13(12)15/h2-6,8,12,14H,7,9-10,16H2,1H3. The molecule has 0 fully saturated rings. The maximum atomic E-state index is 6.40. The number of nitrogens with zero attached hydrogens (tertiary/aromatic N) is 2. The van der Waals surface area contributed by atoms with Gasteiger partial charge in [0.2, 0.25) is 0 Å². The van der Waals surface area contributed by atoms with E-state index in [9.17, 15) is 0 Å². The van der Waals surface area contributed by atoms with Crippen molar-refractivity contribution in [3.05, 3.63) is 47.8 Å². The molecule has 2 unspecified atom stereocenters. The second-order valence-corrected chi connectivity index (χ2v) is 5.13. The van der Waals surface area contributed by atoms with Crippen LogP contribution in [0.4, 0.5) is 0 Å². The minimum Gasteiger partial charge on any atom is -0.493 e. The average molecular weight is 257 g/mol. The Kier molecular flexibility index (Phi) is 3.25. The molecule has 0 aliphatic carbocycles. The quantitative estimate of drug-likeness (QED) is 0.913. The summed E-state index contributed by atoms with van der Waals surface area (Å²) < 4.78 is 7.50. The molecule has 1 aromatic carbocycles. The van der Waals surface area contributed by atoms with Gasteiger partial charge >= 0.3 is 0 Å². The Morgan fingerprint density at radius 1 is 1.42 bits per heavy atom. The number of fused-ring (bicyclic) bond motifs is 1. The first-order valence-electron chi connectivity index (χ1n) is 6.70. The van der Waals surface area contributed by atoms with Crippen molar-refractivity contribution >= 4 is 0 Å². The van der Waals surface area contributed by atoms with E-state index in [0.717, 1.165) is 30.9 Å². The topological polar surface area (TPSA) is 53.1 Å². The lowest BCUT2D eigenvalue weighted by molar-refractivity contribution is 0.254. The van der Waals surface area contributed by atoms with E-state index in [2.05, 4.69) is 11.2 Å². The number of aryl methyl sites for hydroxylation is 1. The molecule has 4 nitrogen and oxygen atoms in total. The predicted molar refractivity (Wildman–Crippen MR) is 74.2 cm³/mol. The fraction of sp³-hybridized carbons (Fsp3) is 0.400. The first kappa shape index (κ1) is 12.2. The number of aromatic nitrogens is 2. The van der Waals surface area contributed by atoms with E-state index in [1.54, 1.807) is 0 Å². The van der Waals surface area contributed by atoms with Crippen molar-refractivity contribution in [2.75, 3.05) is 6.61 Å². The summed E-state index contributed by atoms with van der Waals surface area (Å²) in [7, 11) is 1.93. The summed E-state index contributed by atoms with van der Waals surface area (Å²) in [6, 6.07) is 10.3. The molecule has 100 valence electrons. The summed E-state index contributed by atoms with van der Waals surface area (Å²) in [5.74, 6) is 1.34. The van der Waals surface area contributed by atoms with E-state index >= 15 is 0 Å². The van der Waals surface area contributed by atoms with Crippen LogP contribution in [0.5, 0.6) is 5.75 Å². The van der Waals surface area contributed by atoms with Crippen molar-refractivity contribution < 1.29 is 4.74 Å². The Balaban J connectivity index is 1.79. The summed E-state index contributed by atoms with van der Waals surface area (Å²) in [4.78, 5) is 0. The molecule has 2 heterocycles. The summed E-state index contributed by atoms with van der Waals surface area (Å²) >= 11 is 0. The zero-order chi connectivity index (χ0) is 13.2. The highest BCUT2D eigenvalue weighted by molar-refractivity contribution is 5.38. The predicted octanol–water partition coefficient (Wildman–Crippen LogP) is 1.86. The Morgan fingerprint density at radius 2 is 2.26 bits per heavy atom. The number of hydrogen-bond acceptors (Lipinski definition) is 3. The van der Waals surface area contributed by atoms with Crippen LogP contribution < -0.4 is 10.5 Å². The first-order chi connectivity index (χ1) is 9.24. The Hall–Kier alpha value is -1.81. The molecule has 0 saturated carbocycles. The van der Waals surface area contributed by atoms with Crippen molar-refractivity contribution in [3.63, 3.8) is 0 Å². The molecule has 0 saturated heterocycles. The fourth-order valence-electron chi connectivity index (χ4n) is 2.77. The van der Waals surface area contributed by atoms with Crippen LogP contribution in [0.2, 0.25) is 0 Å². The van der Waals surface area contributed by atoms with Gasteiger partial charge in [-0.3, -0.25) is 4.68 Å². The number of ether oxygens (including phenoxy) is 1. The van der Waals surface area contributed by atoms with Crippen LogP contribution in [-0.2, 0) is 13.5 Å². The van der Waals surface area contributed by atoms with Crippen molar-refractivity contribution in [2.24, 2.45) is 12.8 Å². The lowest BCUT2D eigenvalue weighted by atomic mass is 9.85. The lowest BCUT2D eigenvalue weighted by Crippen LogP contribution is -2.34. The number of hydrogen-bond donors (Lipinski definition) is 1. The maximum Gasteiger partial charge on any atom is 0.122 e. The third-order valence-corrected chi connectivity index (χ3v) is 3.74. The number of nitrogens with two attached hydrogens (primary N) is 1. The molecule has 2 aromatic rings. The highest BCUT2D eigenvalue weighted by atomic mass is 16.5. The molecule has 1 aromatic heterocycles. The SMILES string of the molecule is Cn1ccc(CC(N)C2CCOc3ccccc32)n1. The van der Waals surface area contributed by atoms with Crippen molar-refractivity contribution in [1.82, 2.24) is 9.78 Å². The van der Waals surface area contributed by atoms with Gasteiger partial charge in [0.15, 0.2) is 0 Å². The van der Waals surface area contributed by atoms with E-state index in [-0.39, 0.29) is 6.04 Å². The summed E-state index contributed by atoms with van der Waals surface area (Å²) in [6.07, 6.45) is 3.74. The zero-order valence-electron chi connectivity index (χ0n) is 11.1. The summed E-state index contributed by atoms with van der Waals surface area (Å²) in [5, 5.41) is 4.41. The minimum atomic E-state index is 0.0833. The van der Waals surface area contributed by atoms with E-state index < -0.39 is 0 Å². The molecule has 1 aliphatic heterocycles. The minimum absolute atomic E-state index is 0.0833. The molecule has 19 heavy (non-hydrogen) atoms. The van der Waals surface area contributed by atoms with Crippen molar-refractivity contribution in [3.8, 4) is 5.75 Å². The van der Waals surface area contributed by atoms with Crippen LogP contribution in [-0.4, -0.2) is 22.4 Å².